The number of aryl methyl sites for hydroxylation is 3. The molecular weight excluding hydrogens is 552 g/mol. The van der Waals surface area contributed by atoms with E-state index in [1.54, 1.807) is 7.11 Å². The molecule has 0 aliphatic heterocycles. The van der Waals surface area contributed by atoms with Crippen LogP contribution in [0.1, 0.15) is 29.1 Å². The Hall–Kier alpha value is -3.09. The molecule has 12 heteroatoms. The van der Waals surface area contributed by atoms with Crippen LogP contribution in [0.3, 0.4) is 0 Å². The molecular formula is C28H33ClN6O4S. The predicted octanol–water partition coefficient (Wildman–Crippen LogP) is 3.90. The van der Waals surface area contributed by atoms with Crippen molar-refractivity contribution in [2.45, 2.75) is 51.9 Å². The Labute approximate surface area is 241 Å². The van der Waals surface area contributed by atoms with Gasteiger partial charge < -0.3 is 30.7 Å². The second-order valence-electron chi connectivity index (χ2n) is 10.1. The fraction of sp³-hybridized carbons (Fsp3) is 0.429. The van der Waals surface area contributed by atoms with E-state index in [2.05, 4.69) is 15.6 Å². The van der Waals surface area contributed by atoms with Gasteiger partial charge in [0.25, 0.3) is 0 Å². The van der Waals surface area contributed by atoms with Gasteiger partial charge in [-0.15, -0.1) is 11.3 Å². The quantitative estimate of drug-likeness (QED) is 0.196. The van der Waals surface area contributed by atoms with Crippen molar-refractivity contribution in [2.24, 2.45) is 5.92 Å². The number of thiazole rings is 1. The molecule has 1 aliphatic carbocycles. The lowest BCUT2D eigenvalue weighted by molar-refractivity contribution is 0.00446. The molecule has 40 heavy (non-hydrogen) atoms. The van der Waals surface area contributed by atoms with Gasteiger partial charge in [-0.05, 0) is 57.4 Å². The van der Waals surface area contributed by atoms with Gasteiger partial charge in [-0.1, -0.05) is 17.7 Å². The number of hydrogen-bond donors (Lipinski definition) is 5. The number of pyridine rings is 1. The summed E-state index contributed by atoms with van der Waals surface area (Å²) in [5.41, 5.74) is 5.07. The van der Waals surface area contributed by atoms with Crippen molar-refractivity contribution >= 4 is 44.9 Å². The molecule has 212 valence electrons. The number of nitrogens with one attached hydrogen (secondary N) is 2. The largest absolute Gasteiger partial charge is 0.495 e. The zero-order chi connectivity index (χ0) is 28.6. The standard InChI is InChI=1S/C28H33ClN6O4S/c1-13-9-21-23(15(3)31-13)34-27(40-21)22-14(2)32-28(30-8-7-16-5-6-20(39-4)18(29)10-16)35-26(22)33-19-11-17(12-36)24(37)25(19)38/h5-6,9-10,17,19,24-25,36-38H,7-8,11-12H2,1-4H3,(H2,30,32,33,35)/t17-,19-,24-,25+/m1/s1. The Balaban J connectivity index is 1.46. The summed E-state index contributed by atoms with van der Waals surface area (Å²) in [6.45, 7) is 6.14. The van der Waals surface area contributed by atoms with E-state index in [9.17, 15) is 15.3 Å². The first kappa shape index (κ1) is 28.4. The van der Waals surface area contributed by atoms with E-state index in [-0.39, 0.29) is 6.61 Å². The first-order chi connectivity index (χ1) is 19.2. The zero-order valence-corrected chi connectivity index (χ0v) is 24.3. The minimum absolute atomic E-state index is 0.211. The number of halogens is 1. The lowest BCUT2D eigenvalue weighted by Crippen LogP contribution is -2.35. The Bertz CT molecular complexity index is 1530. The van der Waals surface area contributed by atoms with Crippen LogP contribution in [0.2, 0.25) is 5.02 Å². The van der Waals surface area contributed by atoms with E-state index in [1.807, 2.05) is 45.0 Å². The highest BCUT2D eigenvalue weighted by Crippen LogP contribution is 2.38. The maximum Gasteiger partial charge on any atom is 0.224 e. The smallest absolute Gasteiger partial charge is 0.224 e. The van der Waals surface area contributed by atoms with Gasteiger partial charge in [0.1, 0.15) is 28.2 Å². The third-order valence-electron chi connectivity index (χ3n) is 7.26. The van der Waals surface area contributed by atoms with Gasteiger partial charge in [-0.3, -0.25) is 4.98 Å². The van der Waals surface area contributed by atoms with Crippen LogP contribution in [0, 0.1) is 26.7 Å². The number of ether oxygens (including phenoxy) is 1. The Morgan fingerprint density at radius 1 is 1.05 bits per heavy atom. The molecule has 1 aromatic carbocycles. The molecule has 0 saturated heterocycles. The molecule has 5 N–H and O–H groups in total. The maximum absolute atomic E-state index is 10.7. The number of hydrogen-bond acceptors (Lipinski definition) is 11. The average molecular weight is 585 g/mol. The fourth-order valence-corrected chi connectivity index (χ4v) is 6.65. The maximum atomic E-state index is 10.7. The van der Waals surface area contributed by atoms with Crippen LogP contribution in [0.4, 0.5) is 11.8 Å². The van der Waals surface area contributed by atoms with Crippen LogP contribution in [0.25, 0.3) is 20.8 Å². The number of fused-ring (bicyclic) bond motifs is 1. The van der Waals surface area contributed by atoms with E-state index >= 15 is 0 Å². The summed E-state index contributed by atoms with van der Waals surface area (Å²) >= 11 is 7.80. The van der Waals surface area contributed by atoms with Crippen LogP contribution in [-0.2, 0) is 6.42 Å². The highest BCUT2D eigenvalue weighted by atomic mass is 35.5. The third-order valence-corrected chi connectivity index (χ3v) is 8.57. The summed E-state index contributed by atoms with van der Waals surface area (Å²) in [5.74, 6) is 1.12. The van der Waals surface area contributed by atoms with Crippen molar-refractivity contribution < 1.29 is 20.1 Å². The van der Waals surface area contributed by atoms with Crippen LogP contribution in [0.15, 0.2) is 24.3 Å². The predicted molar refractivity (Wildman–Crippen MR) is 157 cm³/mol. The van der Waals surface area contributed by atoms with Gasteiger partial charge in [0, 0.05) is 24.8 Å². The number of aliphatic hydroxyl groups excluding tert-OH is 3. The molecule has 0 radical (unpaired) electrons. The summed E-state index contributed by atoms with van der Waals surface area (Å²) in [4.78, 5) is 18.9. The van der Waals surface area contributed by atoms with Crippen molar-refractivity contribution in [1.82, 2.24) is 19.9 Å². The normalized spacial score (nSPS) is 20.7. The molecule has 4 atom stereocenters. The number of aromatic nitrogens is 4. The number of nitrogens with zero attached hydrogens (tertiary/aromatic N) is 4. The molecule has 0 amide bonds. The van der Waals surface area contributed by atoms with Gasteiger partial charge in [-0.25, -0.2) is 9.97 Å². The lowest BCUT2D eigenvalue weighted by atomic mass is 10.1. The van der Waals surface area contributed by atoms with Gasteiger partial charge in [0.05, 0.1) is 45.9 Å². The molecule has 3 heterocycles. The highest BCUT2D eigenvalue weighted by molar-refractivity contribution is 7.21. The minimum Gasteiger partial charge on any atom is -0.495 e. The van der Waals surface area contributed by atoms with Crippen LogP contribution in [-0.4, -0.2) is 73.8 Å². The number of rotatable bonds is 9. The van der Waals surface area contributed by atoms with E-state index in [4.69, 9.17) is 31.3 Å². The van der Waals surface area contributed by atoms with E-state index in [0.29, 0.717) is 47.6 Å². The summed E-state index contributed by atoms with van der Waals surface area (Å²) in [7, 11) is 1.58. The van der Waals surface area contributed by atoms with Gasteiger partial charge in [-0.2, -0.15) is 4.98 Å². The molecule has 1 fully saturated rings. The van der Waals surface area contributed by atoms with Crippen LogP contribution < -0.4 is 15.4 Å². The molecule has 10 nitrogen and oxygen atoms in total. The first-order valence-electron chi connectivity index (χ1n) is 13.1. The first-order valence-corrected chi connectivity index (χ1v) is 14.3. The summed E-state index contributed by atoms with van der Waals surface area (Å²) in [6.07, 6.45) is -1.00. The highest BCUT2D eigenvalue weighted by Gasteiger charge is 2.41. The Kier molecular flexibility index (Phi) is 8.39. The summed E-state index contributed by atoms with van der Waals surface area (Å²) in [6, 6.07) is 7.18. The molecule has 0 spiro atoms. The second-order valence-corrected chi connectivity index (χ2v) is 11.6. The van der Waals surface area contributed by atoms with Crippen LogP contribution in [0.5, 0.6) is 5.75 Å². The zero-order valence-electron chi connectivity index (χ0n) is 22.8. The van der Waals surface area contributed by atoms with Crippen molar-refractivity contribution in [3.8, 4) is 16.3 Å². The molecule has 3 aromatic heterocycles. The third kappa shape index (κ3) is 5.70. The average Bonchev–Trinajstić information content (AvgIpc) is 3.45. The van der Waals surface area contributed by atoms with E-state index in [1.165, 1.54) is 11.3 Å². The molecule has 4 aromatic rings. The van der Waals surface area contributed by atoms with Crippen molar-refractivity contribution in [1.29, 1.82) is 0 Å². The Morgan fingerprint density at radius 3 is 2.55 bits per heavy atom. The van der Waals surface area contributed by atoms with E-state index < -0.39 is 24.2 Å². The summed E-state index contributed by atoms with van der Waals surface area (Å²) < 4.78 is 6.25. The van der Waals surface area contributed by atoms with Gasteiger partial charge in [0.2, 0.25) is 5.95 Å². The lowest BCUT2D eigenvalue weighted by Gasteiger charge is -2.21. The SMILES string of the molecule is COc1ccc(CCNc2nc(C)c(-c3nc4c(C)nc(C)cc4s3)c(N[C@@H]3C[C@H](CO)[C@@H](O)[C@H]3O)n2)cc1Cl. The molecule has 0 bridgehead atoms. The van der Waals surface area contributed by atoms with Crippen molar-refractivity contribution in [2.75, 3.05) is 30.9 Å². The van der Waals surface area contributed by atoms with Gasteiger partial charge >= 0.3 is 0 Å². The Morgan fingerprint density at radius 2 is 1.85 bits per heavy atom. The molecule has 1 saturated carbocycles. The molecule has 5 rings (SSSR count). The van der Waals surface area contributed by atoms with E-state index in [0.717, 1.165) is 37.7 Å². The fourth-order valence-electron chi connectivity index (χ4n) is 5.16. The molecule has 0 unspecified atom stereocenters. The monoisotopic (exact) mass is 584 g/mol. The minimum atomic E-state index is -1.05. The van der Waals surface area contributed by atoms with Gasteiger partial charge in [0.15, 0.2) is 0 Å². The number of benzene rings is 1. The topological polar surface area (TPSA) is 146 Å². The number of anilines is 2. The number of aliphatic hydroxyl groups is 3. The molecule has 1 aliphatic rings. The summed E-state index contributed by atoms with van der Waals surface area (Å²) in [5, 5.41) is 38.7. The van der Waals surface area contributed by atoms with Crippen molar-refractivity contribution in [3.05, 3.63) is 51.9 Å². The van der Waals surface area contributed by atoms with Crippen molar-refractivity contribution in [3.63, 3.8) is 0 Å². The van der Waals surface area contributed by atoms with Crippen LogP contribution >= 0.6 is 22.9 Å². The second kappa shape index (κ2) is 11.8. The number of methoxy groups -OCH3 is 1.